The largest absolute Gasteiger partial charge is 0.276 e. The first kappa shape index (κ1) is 12.0. The fourth-order valence-electron chi connectivity index (χ4n) is 1.33. The van der Waals surface area contributed by atoms with Gasteiger partial charge in [0.2, 0.25) is 0 Å². The summed E-state index contributed by atoms with van der Waals surface area (Å²) in [7, 11) is 0. The SMILES string of the molecule is O=C(Cl)c1cc(CF)cc(CF)c1CF. The zero-order valence-electron chi connectivity index (χ0n) is 7.70. The minimum Gasteiger partial charge on any atom is -0.276 e. The lowest BCUT2D eigenvalue weighted by molar-refractivity contribution is 0.107. The van der Waals surface area contributed by atoms with Crippen LogP contribution >= 0.6 is 11.6 Å². The Morgan fingerprint density at radius 2 is 1.80 bits per heavy atom. The van der Waals surface area contributed by atoms with Crippen LogP contribution in [0.25, 0.3) is 0 Å². The molecule has 0 saturated carbocycles. The van der Waals surface area contributed by atoms with Gasteiger partial charge >= 0.3 is 0 Å². The summed E-state index contributed by atoms with van der Waals surface area (Å²) in [6.07, 6.45) is 0. The third kappa shape index (κ3) is 2.50. The molecule has 0 radical (unpaired) electrons. The Hall–Kier alpha value is -1.03. The molecule has 1 aromatic carbocycles. The Kier molecular flexibility index (Phi) is 4.15. The van der Waals surface area contributed by atoms with Crippen LogP contribution in [-0.4, -0.2) is 5.24 Å². The standard InChI is InChI=1S/C10H8ClF3O/c11-10(15)8-2-6(3-12)1-7(4-13)9(8)5-14/h1-2H,3-5H2. The fraction of sp³-hybridized carbons (Fsp3) is 0.300. The van der Waals surface area contributed by atoms with E-state index in [1.165, 1.54) is 6.07 Å². The maximum atomic E-state index is 12.6. The van der Waals surface area contributed by atoms with Gasteiger partial charge in [-0.1, -0.05) is 6.07 Å². The number of rotatable bonds is 4. The van der Waals surface area contributed by atoms with Crippen LogP contribution in [0.4, 0.5) is 13.2 Å². The molecule has 5 heteroatoms. The van der Waals surface area contributed by atoms with E-state index in [0.717, 1.165) is 6.07 Å². The summed E-state index contributed by atoms with van der Waals surface area (Å²) in [5.74, 6) is 0. The highest BCUT2D eigenvalue weighted by Gasteiger charge is 2.15. The lowest BCUT2D eigenvalue weighted by Gasteiger charge is -2.09. The second-order valence-corrected chi connectivity index (χ2v) is 3.30. The van der Waals surface area contributed by atoms with E-state index in [1.807, 2.05) is 0 Å². The minimum atomic E-state index is -1.00. The van der Waals surface area contributed by atoms with Gasteiger partial charge in [0.1, 0.15) is 20.0 Å². The van der Waals surface area contributed by atoms with E-state index in [-0.39, 0.29) is 22.3 Å². The number of hydrogen-bond acceptors (Lipinski definition) is 1. The Balaban J connectivity index is 3.39. The third-order valence-corrected chi connectivity index (χ3v) is 2.25. The highest BCUT2D eigenvalue weighted by molar-refractivity contribution is 6.67. The molecule has 1 nitrogen and oxygen atoms in total. The van der Waals surface area contributed by atoms with E-state index in [0.29, 0.717) is 0 Å². The first-order valence-corrected chi connectivity index (χ1v) is 4.54. The van der Waals surface area contributed by atoms with Crippen molar-refractivity contribution < 1.29 is 18.0 Å². The number of halogens is 4. The number of carbonyl (C=O) groups is 1. The van der Waals surface area contributed by atoms with Gasteiger partial charge in [0, 0.05) is 11.1 Å². The van der Waals surface area contributed by atoms with Gasteiger partial charge in [0.15, 0.2) is 0 Å². The Bertz CT molecular complexity index is 379. The molecule has 0 atom stereocenters. The molecule has 0 amide bonds. The number of carbonyl (C=O) groups excluding carboxylic acids is 1. The molecule has 0 N–H and O–H groups in total. The summed E-state index contributed by atoms with van der Waals surface area (Å²) in [5, 5.41) is -0.910. The molecular weight excluding hydrogens is 229 g/mol. The van der Waals surface area contributed by atoms with Gasteiger partial charge in [-0.25, -0.2) is 13.2 Å². The first-order chi connectivity index (χ1) is 7.13. The van der Waals surface area contributed by atoms with Gasteiger partial charge in [-0.05, 0) is 28.8 Å². The first-order valence-electron chi connectivity index (χ1n) is 4.16. The van der Waals surface area contributed by atoms with E-state index >= 15 is 0 Å². The Labute approximate surface area is 89.9 Å². The molecule has 0 bridgehead atoms. The third-order valence-electron chi connectivity index (χ3n) is 2.05. The molecule has 1 aromatic rings. The van der Waals surface area contributed by atoms with Crippen molar-refractivity contribution >= 4 is 16.8 Å². The molecule has 0 unspecified atom stereocenters. The van der Waals surface area contributed by atoms with Crippen LogP contribution in [0.5, 0.6) is 0 Å². The van der Waals surface area contributed by atoms with Crippen molar-refractivity contribution in [2.45, 2.75) is 20.0 Å². The molecule has 0 aliphatic carbocycles. The van der Waals surface area contributed by atoms with Crippen molar-refractivity contribution in [3.63, 3.8) is 0 Å². The molecule has 15 heavy (non-hydrogen) atoms. The van der Waals surface area contributed by atoms with Gasteiger partial charge in [0.25, 0.3) is 5.24 Å². The van der Waals surface area contributed by atoms with Crippen LogP contribution in [0.2, 0.25) is 0 Å². The average molecular weight is 237 g/mol. The highest BCUT2D eigenvalue weighted by atomic mass is 35.5. The predicted molar refractivity (Wildman–Crippen MR) is 51.1 cm³/mol. The van der Waals surface area contributed by atoms with E-state index in [2.05, 4.69) is 0 Å². The molecule has 82 valence electrons. The molecule has 0 spiro atoms. The van der Waals surface area contributed by atoms with E-state index < -0.39 is 25.3 Å². The van der Waals surface area contributed by atoms with Crippen molar-refractivity contribution in [3.05, 3.63) is 34.4 Å². The normalized spacial score (nSPS) is 10.4. The zero-order chi connectivity index (χ0) is 11.4. The summed E-state index contributed by atoms with van der Waals surface area (Å²) in [5.41, 5.74) is -0.183. The van der Waals surface area contributed by atoms with Crippen LogP contribution in [0, 0.1) is 0 Å². The second kappa shape index (κ2) is 5.16. The van der Waals surface area contributed by atoms with Gasteiger partial charge in [0.05, 0.1) is 0 Å². The van der Waals surface area contributed by atoms with Crippen molar-refractivity contribution in [2.75, 3.05) is 0 Å². The van der Waals surface area contributed by atoms with E-state index in [1.54, 1.807) is 0 Å². The monoisotopic (exact) mass is 236 g/mol. The number of benzene rings is 1. The molecule has 1 rings (SSSR count). The minimum absolute atomic E-state index is 0.0309. The molecule has 0 fully saturated rings. The quantitative estimate of drug-likeness (QED) is 0.732. The molecule has 0 aliphatic rings. The lowest BCUT2D eigenvalue weighted by atomic mass is 10.00. The summed E-state index contributed by atoms with van der Waals surface area (Å²) in [6, 6.07) is 2.33. The Morgan fingerprint density at radius 3 is 2.20 bits per heavy atom. The van der Waals surface area contributed by atoms with Crippen molar-refractivity contribution in [1.29, 1.82) is 0 Å². The van der Waals surface area contributed by atoms with Crippen molar-refractivity contribution in [2.24, 2.45) is 0 Å². The summed E-state index contributed by atoms with van der Waals surface area (Å²) < 4.78 is 37.4. The average Bonchev–Trinajstić information content (AvgIpc) is 2.26. The second-order valence-electron chi connectivity index (χ2n) is 2.96. The molecule has 0 saturated heterocycles. The van der Waals surface area contributed by atoms with Gasteiger partial charge in [-0.2, -0.15) is 0 Å². The van der Waals surface area contributed by atoms with Crippen molar-refractivity contribution in [3.8, 4) is 0 Å². The predicted octanol–water partition coefficient (Wildman–Crippen LogP) is 3.47. The van der Waals surface area contributed by atoms with Gasteiger partial charge < -0.3 is 0 Å². The Morgan fingerprint density at radius 1 is 1.13 bits per heavy atom. The van der Waals surface area contributed by atoms with E-state index in [4.69, 9.17) is 11.6 Å². The van der Waals surface area contributed by atoms with Crippen LogP contribution in [-0.2, 0) is 20.0 Å². The van der Waals surface area contributed by atoms with Gasteiger partial charge in [-0.3, -0.25) is 4.79 Å². The maximum absolute atomic E-state index is 12.6. The summed E-state index contributed by atoms with van der Waals surface area (Å²) >= 11 is 5.19. The smallest absolute Gasteiger partial charge is 0.252 e. The van der Waals surface area contributed by atoms with Gasteiger partial charge in [-0.15, -0.1) is 0 Å². The maximum Gasteiger partial charge on any atom is 0.252 e. The topological polar surface area (TPSA) is 17.1 Å². The number of hydrogen-bond donors (Lipinski definition) is 0. The van der Waals surface area contributed by atoms with Crippen LogP contribution in [0.15, 0.2) is 12.1 Å². The van der Waals surface area contributed by atoms with Crippen LogP contribution in [0.3, 0.4) is 0 Å². The molecule has 0 heterocycles. The summed E-state index contributed by atoms with van der Waals surface area (Å²) in [4.78, 5) is 10.9. The summed E-state index contributed by atoms with van der Waals surface area (Å²) in [6.45, 7) is -2.80. The van der Waals surface area contributed by atoms with Crippen molar-refractivity contribution in [1.82, 2.24) is 0 Å². The highest BCUT2D eigenvalue weighted by Crippen LogP contribution is 2.22. The van der Waals surface area contributed by atoms with E-state index in [9.17, 15) is 18.0 Å². The van der Waals surface area contributed by atoms with Crippen LogP contribution in [0.1, 0.15) is 27.0 Å². The molecular formula is C10H8ClF3O. The van der Waals surface area contributed by atoms with Crippen LogP contribution < -0.4 is 0 Å². The molecule has 0 aliphatic heterocycles. The molecule has 0 aromatic heterocycles. The zero-order valence-corrected chi connectivity index (χ0v) is 8.45. The lowest BCUT2D eigenvalue weighted by Crippen LogP contribution is -2.02. The fourth-order valence-corrected chi connectivity index (χ4v) is 1.50. The number of alkyl halides is 3.